The van der Waals surface area contributed by atoms with Crippen LogP contribution in [0.1, 0.15) is 0 Å². The second-order valence-corrected chi connectivity index (χ2v) is 5.28. The van der Waals surface area contributed by atoms with Gasteiger partial charge in [0, 0.05) is 37.4 Å². The molecule has 0 aliphatic carbocycles. The summed E-state index contributed by atoms with van der Waals surface area (Å²) in [7, 11) is 0. The average molecular weight is 456 g/mol. The monoisotopic (exact) mass is 456 g/mol. The zero-order chi connectivity index (χ0) is 12.8. The van der Waals surface area contributed by atoms with E-state index >= 15 is 0 Å². The first-order valence-electron chi connectivity index (χ1n) is 6.12. The third-order valence-corrected chi connectivity index (χ3v) is 4.24. The quantitative estimate of drug-likeness (QED) is 0.244. The molecule has 2 aromatic heterocycles. The average Bonchev–Trinajstić information content (AvgIpc) is 2.96. The molecular weight excluding hydrogens is 444 g/mol. The number of thioether (sulfide) groups is 1. The van der Waals surface area contributed by atoms with Gasteiger partial charge in [-0.05, 0) is 17.7 Å². The van der Waals surface area contributed by atoms with E-state index in [9.17, 15) is 0 Å². The van der Waals surface area contributed by atoms with Crippen LogP contribution in [0.3, 0.4) is 0 Å². The number of hydrogen-bond donors (Lipinski definition) is 0. The van der Waals surface area contributed by atoms with Gasteiger partial charge in [0.1, 0.15) is 0 Å². The molecule has 0 fully saturated rings. The minimum absolute atomic E-state index is 0. The molecule has 0 atom stereocenters. The van der Waals surface area contributed by atoms with Crippen LogP contribution in [0.25, 0.3) is 27.3 Å². The van der Waals surface area contributed by atoms with E-state index < -0.39 is 0 Å². The van der Waals surface area contributed by atoms with E-state index in [4.69, 9.17) is 0 Å². The van der Waals surface area contributed by atoms with Gasteiger partial charge in [0.15, 0.2) is 0 Å². The van der Waals surface area contributed by atoms with Crippen molar-refractivity contribution in [3.8, 4) is 0 Å². The molecule has 2 heterocycles. The maximum Gasteiger partial charge on any atom is 0.0608 e. The Kier molecular flexibility index (Phi) is 3.55. The number of rotatable bonds is 1. The van der Waals surface area contributed by atoms with Gasteiger partial charge in [0.2, 0.25) is 0 Å². The maximum absolute atomic E-state index is 4.49. The number of fused-ring (bicyclic) bond motifs is 6. The molecule has 2 aromatic carbocycles. The van der Waals surface area contributed by atoms with Gasteiger partial charge < -0.3 is 4.40 Å². The molecule has 0 spiro atoms. The van der Waals surface area contributed by atoms with Gasteiger partial charge in [-0.25, -0.2) is 0 Å². The molecule has 0 N–H and O–H groups in total. The Balaban J connectivity index is 0.00000121. The van der Waals surface area contributed by atoms with Crippen molar-refractivity contribution >= 4 is 39.1 Å². The van der Waals surface area contributed by atoms with Crippen LogP contribution in [-0.2, 0) is 20.1 Å². The van der Waals surface area contributed by atoms with Gasteiger partial charge in [-0.15, -0.1) is 41.4 Å². The number of imidazole rings is 1. The zero-order valence-electron chi connectivity index (χ0n) is 10.8. The number of para-hydroxylation sites is 1. The van der Waals surface area contributed by atoms with Crippen LogP contribution in [0.4, 0.5) is 0 Å². The topological polar surface area (TPSA) is 17.3 Å². The number of benzene rings is 2. The van der Waals surface area contributed by atoms with Crippen LogP contribution in [-0.4, -0.2) is 15.6 Å². The van der Waals surface area contributed by atoms with E-state index in [2.05, 4.69) is 46.0 Å². The Hall–Kier alpha value is -1.35. The summed E-state index contributed by atoms with van der Waals surface area (Å²) in [5.74, 6) is 0. The first-order valence-corrected chi connectivity index (χ1v) is 7.35. The van der Waals surface area contributed by atoms with Crippen molar-refractivity contribution in [3.05, 3.63) is 54.9 Å². The normalized spacial score (nSPS) is 11.1. The Bertz CT molecular complexity index is 914. The zero-order valence-corrected chi connectivity index (χ0v) is 14.0. The molecule has 0 unspecified atom stereocenters. The molecule has 4 heteroatoms. The Labute approximate surface area is 134 Å². The van der Waals surface area contributed by atoms with Crippen molar-refractivity contribution in [3.63, 3.8) is 0 Å². The van der Waals surface area contributed by atoms with Crippen LogP contribution in [0.2, 0.25) is 0 Å². The van der Waals surface area contributed by atoms with Crippen molar-refractivity contribution in [2.45, 2.75) is 4.90 Å². The van der Waals surface area contributed by atoms with E-state index in [1.807, 2.05) is 24.5 Å². The first kappa shape index (κ1) is 13.6. The predicted octanol–water partition coefficient (Wildman–Crippen LogP) is 4.16. The molecule has 4 rings (SSSR count). The van der Waals surface area contributed by atoms with E-state index in [0.717, 1.165) is 11.0 Å². The van der Waals surface area contributed by atoms with Crippen molar-refractivity contribution in [2.24, 2.45) is 0 Å². The Morgan fingerprint density at radius 3 is 2.85 bits per heavy atom. The Morgan fingerprint density at radius 1 is 1.15 bits per heavy atom. The molecule has 0 amide bonds. The summed E-state index contributed by atoms with van der Waals surface area (Å²) in [5, 5.41) is 3.55. The fraction of sp³-hybridized carbons (Fsp3) is 0.0625. The number of pyridine rings is 1. The minimum atomic E-state index is 0. The van der Waals surface area contributed by atoms with Gasteiger partial charge in [0.25, 0.3) is 0 Å². The van der Waals surface area contributed by atoms with Gasteiger partial charge in [-0.3, -0.25) is 4.98 Å². The SMILES string of the molecule is CSc1cccc2c3ccc[c-]c3c3nccn3c12.[Ir]. The van der Waals surface area contributed by atoms with E-state index in [1.54, 1.807) is 11.8 Å². The second kappa shape index (κ2) is 5.21. The molecule has 0 aliphatic rings. The van der Waals surface area contributed by atoms with Gasteiger partial charge in [0.05, 0.1) is 11.2 Å². The maximum atomic E-state index is 4.49. The van der Waals surface area contributed by atoms with Crippen LogP contribution >= 0.6 is 11.8 Å². The van der Waals surface area contributed by atoms with E-state index in [-0.39, 0.29) is 20.1 Å². The predicted molar refractivity (Wildman–Crippen MR) is 80.8 cm³/mol. The van der Waals surface area contributed by atoms with Crippen molar-refractivity contribution in [1.82, 2.24) is 9.38 Å². The van der Waals surface area contributed by atoms with Crippen molar-refractivity contribution < 1.29 is 20.1 Å². The van der Waals surface area contributed by atoms with Gasteiger partial charge >= 0.3 is 0 Å². The molecule has 2 nitrogen and oxygen atoms in total. The molecule has 1 radical (unpaired) electrons. The van der Waals surface area contributed by atoms with Crippen LogP contribution in [0, 0.1) is 6.07 Å². The molecule has 20 heavy (non-hydrogen) atoms. The molecule has 4 aromatic rings. The summed E-state index contributed by atoms with van der Waals surface area (Å²) in [6.45, 7) is 0. The molecule has 0 aliphatic heterocycles. The van der Waals surface area contributed by atoms with Crippen molar-refractivity contribution in [2.75, 3.05) is 6.26 Å². The number of hydrogen-bond acceptors (Lipinski definition) is 2. The van der Waals surface area contributed by atoms with Crippen LogP contribution in [0.5, 0.6) is 0 Å². The third kappa shape index (κ3) is 1.80. The number of nitrogens with zero attached hydrogens (tertiary/aromatic N) is 2. The summed E-state index contributed by atoms with van der Waals surface area (Å²) in [6, 6.07) is 15.9. The molecule has 0 saturated heterocycles. The van der Waals surface area contributed by atoms with Gasteiger partial charge in [-0.2, -0.15) is 0 Å². The summed E-state index contributed by atoms with van der Waals surface area (Å²) < 4.78 is 2.17. The summed E-state index contributed by atoms with van der Waals surface area (Å²) >= 11 is 1.77. The fourth-order valence-electron chi connectivity index (χ4n) is 2.67. The molecule has 0 saturated carbocycles. The molecule has 0 bridgehead atoms. The van der Waals surface area contributed by atoms with Crippen molar-refractivity contribution in [1.29, 1.82) is 0 Å². The first-order chi connectivity index (χ1) is 9.40. The van der Waals surface area contributed by atoms with Crippen LogP contribution < -0.4 is 0 Å². The number of aromatic nitrogens is 2. The second-order valence-electron chi connectivity index (χ2n) is 4.44. The largest absolute Gasteiger partial charge is 0.339 e. The van der Waals surface area contributed by atoms with Gasteiger partial charge in [-0.1, -0.05) is 17.5 Å². The molecule has 101 valence electrons. The minimum Gasteiger partial charge on any atom is -0.339 e. The van der Waals surface area contributed by atoms with Crippen LogP contribution in [0.15, 0.2) is 53.7 Å². The smallest absolute Gasteiger partial charge is 0.0608 e. The summed E-state index contributed by atoms with van der Waals surface area (Å²) in [4.78, 5) is 5.76. The summed E-state index contributed by atoms with van der Waals surface area (Å²) in [6.07, 6.45) is 5.99. The third-order valence-electron chi connectivity index (χ3n) is 3.47. The fourth-order valence-corrected chi connectivity index (χ4v) is 3.28. The summed E-state index contributed by atoms with van der Waals surface area (Å²) in [5.41, 5.74) is 2.21. The van der Waals surface area contributed by atoms with E-state index in [1.165, 1.54) is 21.2 Å². The standard InChI is InChI=1S/C16H11N2S.Ir/c1-19-14-8-4-7-12-11-5-2-3-6-13(11)16-17-9-10-18(16)15(12)14;/h2-5,7-10H,1H3;/q-1;. The van der Waals surface area contributed by atoms with E-state index in [0.29, 0.717) is 0 Å². The Morgan fingerprint density at radius 2 is 2.00 bits per heavy atom. The molecular formula is C16H11IrN2S-.